The van der Waals surface area contributed by atoms with Crippen LogP contribution in [0.3, 0.4) is 0 Å². The minimum Gasteiger partial charge on any atom is -0.492 e. The van der Waals surface area contributed by atoms with E-state index in [0.29, 0.717) is 23.4 Å². The molecule has 0 radical (unpaired) electrons. The van der Waals surface area contributed by atoms with Crippen molar-refractivity contribution in [2.75, 3.05) is 11.9 Å². The van der Waals surface area contributed by atoms with Crippen molar-refractivity contribution in [3.63, 3.8) is 0 Å². The molecule has 2 aromatic carbocycles. The highest BCUT2D eigenvalue weighted by Crippen LogP contribution is 2.27. The SMILES string of the molecule is CCCCCCOc1ccc(C(=O)Nc2ccc(C(=O)NC(C)CC)cc2)cc1Br. The maximum absolute atomic E-state index is 12.6. The summed E-state index contributed by atoms with van der Waals surface area (Å²) in [6, 6.07) is 12.3. The van der Waals surface area contributed by atoms with Crippen LogP contribution in [0.1, 0.15) is 73.6 Å². The van der Waals surface area contributed by atoms with Gasteiger partial charge in [0.15, 0.2) is 0 Å². The number of hydrogen-bond donors (Lipinski definition) is 2. The van der Waals surface area contributed by atoms with Crippen molar-refractivity contribution >= 4 is 33.4 Å². The van der Waals surface area contributed by atoms with Gasteiger partial charge in [-0.15, -0.1) is 0 Å². The van der Waals surface area contributed by atoms with Crippen LogP contribution in [0.15, 0.2) is 46.9 Å². The van der Waals surface area contributed by atoms with Crippen LogP contribution in [-0.2, 0) is 0 Å². The van der Waals surface area contributed by atoms with Crippen molar-refractivity contribution in [1.29, 1.82) is 0 Å². The van der Waals surface area contributed by atoms with Crippen LogP contribution >= 0.6 is 15.9 Å². The highest BCUT2D eigenvalue weighted by Gasteiger charge is 2.12. The molecule has 2 amide bonds. The minimum absolute atomic E-state index is 0.114. The molecule has 0 fully saturated rings. The van der Waals surface area contributed by atoms with E-state index in [1.165, 1.54) is 12.8 Å². The molecule has 5 nitrogen and oxygen atoms in total. The zero-order valence-electron chi connectivity index (χ0n) is 18.0. The number of unbranched alkanes of at least 4 members (excludes halogenated alkanes) is 3. The van der Waals surface area contributed by atoms with Crippen molar-refractivity contribution in [1.82, 2.24) is 5.32 Å². The normalized spacial score (nSPS) is 11.6. The average Bonchev–Trinajstić information content (AvgIpc) is 2.74. The van der Waals surface area contributed by atoms with Gasteiger partial charge in [0.25, 0.3) is 11.8 Å². The van der Waals surface area contributed by atoms with Gasteiger partial charge in [0.2, 0.25) is 0 Å². The molecule has 0 heterocycles. The number of anilines is 1. The van der Waals surface area contributed by atoms with Crippen LogP contribution < -0.4 is 15.4 Å². The quantitative estimate of drug-likeness (QED) is 0.381. The number of halogens is 1. The van der Waals surface area contributed by atoms with Gasteiger partial charge in [-0.2, -0.15) is 0 Å². The fourth-order valence-corrected chi connectivity index (χ4v) is 3.28. The summed E-state index contributed by atoms with van der Waals surface area (Å²) in [5, 5.41) is 5.78. The van der Waals surface area contributed by atoms with Crippen molar-refractivity contribution in [2.45, 2.75) is 58.9 Å². The van der Waals surface area contributed by atoms with E-state index in [0.717, 1.165) is 29.5 Å². The Morgan fingerprint density at radius 1 is 0.967 bits per heavy atom. The number of benzene rings is 2. The largest absolute Gasteiger partial charge is 0.492 e. The summed E-state index contributed by atoms with van der Waals surface area (Å²) in [6.07, 6.45) is 5.47. The van der Waals surface area contributed by atoms with Gasteiger partial charge in [0.05, 0.1) is 11.1 Å². The predicted molar refractivity (Wildman–Crippen MR) is 125 cm³/mol. The summed E-state index contributed by atoms with van der Waals surface area (Å²) < 4.78 is 6.54. The van der Waals surface area contributed by atoms with Crippen LogP contribution in [0, 0.1) is 0 Å². The zero-order chi connectivity index (χ0) is 21.9. The summed E-state index contributed by atoms with van der Waals surface area (Å²) in [6.45, 7) is 6.84. The molecule has 0 aliphatic heterocycles. The molecule has 0 bridgehead atoms. The zero-order valence-corrected chi connectivity index (χ0v) is 19.6. The van der Waals surface area contributed by atoms with Crippen molar-refractivity contribution in [2.24, 2.45) is 0 Å². The molecule has 2 N–H and O–H groups in total. The second-order valence-electron chi connectivity index (χ2n) is 7.37. The monoisotopic (exact) mass is 474 g/mol. The van der Waals surface area contributed by atoms with Gasteiger partial charge in [-0.3, -0.25) is 9.59 Å². The first kappa shape index (κ1) is 23.9. The number of carbonyl (C=O) groups is 2. The lowest BCUT2D eigenvalue weighted by molar-refractivity contribution is 0.0938. The third kappa shape index (κ3) is 7.48. The summed E-state index contributed by atoms with van der Waals surface area (Å²) in [4.78, 5) is 24.7. The molecular formula is C24H31BrN2O3. The Bertz CT molecular complexity index is 837. The third-order valence-corrected chi connectivity index (χ3v) is 5.46. The highest BCUT2D eigenvalue weighted by atomic mass is 79.9. The summed E-state index contributed by atoms with van der Waals surface area (Å²) in [5.74, 6) is 0.401. The first-order valence-corrected chi connectivity index (χ1v) is 11.4. The molecule has 0 saturated heterocycles. The van der Waals surface area contributed by atoms with Crippen molar-refractivity contribution < 1.29 is 14.3 Å². The topological polar surface area (TPSA) is 67.4 Å². The summed E-state index contributed by atoms with van der Waals surface area (Å²) in [5.41, 5.74) is 1.72. The Morgan fingerprint density at radius 2 is 1.67 bits per heavy atom. The van der Waals surface area contributed by atoms with Crippen LogP contribution in [0.4, 0.5) is 5.69 Å². The third-order valence-electron chi connectivity index (χ3n) is 4.84. The summed E-state index contributed by atoms with van der Waals surface area (Å²) in [7, 11) is 0. The van der Waals surface area contributed by atoms with Gasteiger partial charge < -0.3 is 15.4 Å². The number of ether oxygens (including phenoxy) is 1. The van der Waals surface area contributed by atoms with E-state index in [1.807, 2.05) is 13.8 Å². The van der Waals surface area contributed by atoms with Crippen molar-refractivity contribution in [3.8, 4) is 5.75 Å². The van der Waals surface area contributed by atoms with Gasteiger partial charge >= 0.3 is 0 Å². The van der Waals surface area contributed by atoms with E-state index in [2.05, 4.69) is 33.5 Å². The van der Waals surface area contributed by atoms with E-state index in [4.69, 9.17) is 4.74 Å². The molecule has 0 aliphatic rings. The van der Waals surface area contributed by atoms with Crippen LogP contribution in [-0.4, -0.2) is 24.5 Å². The molecule has 0 aliphatic carbocycles. The van der Waals surface area contributed by atoms with E-state index in [1.54, 1.807) is 42.5 Å². The van der Waals surface area contributed by atoms with Crippen LogP contribution in [0.2, 0.25) is 0 Å². The maximum atomic E-state index is 12.6. The molecule has 1 atom stereocenters. The molecule has 0 spiro atoms. The number of hydrogen-bond acceptors (Lipinski definition) is 3. The molecule has 0 saturated carbocycles. The molecular weight excluding hydrogens is 444 g/mol. The predicted octanol–water partition coefficient (Wildman–Crippen LogP) is 6.19. The molecule has 30 heavy (non-hydrogen) atoms. The molecule has 0 aromatic heterocycles. The standard InChI is InChI=1S/C24H31BrN2O3/c1-4-6-7-8-15-30-22-14-11-19(16-21(22)25)24(29)27-20-12-9-18(10-13-20)23(28)26-17(3)5-2/h9-14,16-17H,4-8,15H2,1-3H3,(H,26,28)(H,27,29). The fraction of sp³-hybridized carbons (Fsp3) is 0.417. The Hall–Kier alpha value is -2.34. The van der Waals surface area contributed by atoms with Gasteiger partial charge in [-0.1, -0.05) is 33.1 Å². The first-order chi connectivity index (χ1) is 14.4. The average molecular weight is 475 g/mol. The smallest absolute Gasteiger partial charge is 0.255 e. The Kier molecular flexibility index (Phi) is 9.87. The molecule has 2 aromatic rings. The number of rotatable bonds is 11. The molecule has 1 unspecified atom stereocenters. The minimum atomic E-state index is -0.220. The fourth-order valence-electron chi connectivity index (χ4n) is 2.79. The number of carbonyl (C=O) groups excluding carboxylic acids is 2. The highest BCUT2D eigenvalue weighted by molar-refractivity contribution is 9.10. The maximum Gasteiger partial charge on any atom is 0.255 e. The Balaban J connectivity index is 1.92. The lowest BCUT2D eigenvalue weighted by Gasteiger charge is -2.12. The first-order valence-electron chi connectivity index (χ1n) is 10.6. The second-order valence-corrected chi connectivity index (χ2v) is 8.22. The van der Waals surface area contributed by atoms with E-state index in [-0.39, 0.29) is 17.9 Å². The van der Waals surface area contributed by atoms with E-state index >= 15 is 0 Å². The molecule has 2 rings (SSSR count). The Morgan fingerprint density at radius 3 is 2.30 bits per heavy atom. The van der Waals surface area contributed by atoms with Crippen molar-refractivity contribution in [3.05, 3.63) is 58.1 Å². The van der Waals surface area contributed by atoms with E-state index in [9.17, 15) is 9.59 Å². The molecule has 162 valence electrons. The van der Waals surface area contributed by atoms with Crippen LogP contribution in [0.5, 0.6) is 5.75 Å². The van der Waals surface area contributed by atoms with Crippen LogP contribution in [0.25, 0.3) is 0 Å². The summed E-state index contributed by atoms with van der Waals surface area (Å²) >= 11 is 3.49. The Labute approximate surface area is 187 Å². The lowest BCUT2D eigenvalue weighted by atomic mass is 10.1. The lowest BCUT2D eigenvalue weighted by Crippen LogP contribution is -2.31. The number of nitrogens with one attached hydrogen (secondary N) is 2. The molecule has 6 heteroatoms. The second kappa shape index (κ2) is 12.4. The van der Waals surface area contributed by atoms with Gasteiger partial charge in [-0.25, -0.2) is 0 Å². The number of amides is 2. The van der Waals surface area contributed by atoms with Gasteiger partial charge in [0.1, 0.15) is 5.75 Å². The van der Waals surface area contributed by atoms with Gasteiger partial charge in [-0.05, 0) is 78.2 Å². The van der Waals surface area contributed by atoms with E-state index < -0.39 is 0 Å². The van der Waals surface area contributed by atoms with Gasteiger partial charge in [0, 0.05) is 22.9 Å².